The summed E-state index contributed by atoms with van der Waals surface area (Å²) in [5.74, 6) is 0. The van der Waals surface area contributed by atoms with E-state index in [1.54, 1.807) is 0 Å². The summed E-state index contributed by atoms with van der Waals surface area (Å²) in [6.07, 6.45) is 0. The number of hydrogen-bond acceptors (Lipinski definition) is 1. The SMILES string of the molecule is C[Si](C)(C)[N-]CCN(CC[N-][Si](C)(C)C)CC[N-][Si](C)(C)C.[Cr+3]. The van der Waals surface area contributed by atoms with Crippen LogP contribution in [-0.2, 0) is 17.4 Å². The van der Waals surface area contributed by atoms with E-state index in [4.69, 9.17) is 14.9 Å². The zero-order valence-electron chi connectivity index (χ0n) is 16.9. The summed E-state index contributed by atoms with van der Waals surface area (Å²) in [6, 6.07) is 0. The van der Waals surface area contributed by atoms with Gasteiger partial charge in [0.05, 0.1) is 0 Å². The summed E-state index contributed by atoms with van der Waals surface area (Å²) in [7, 11) is -3.84. The van der Waals surface area contributed by atoms with E-state index in [0.29, 0.717) is 0 Å². The van der Waals surface area contributed by atoms with Crippen LogP contribution in [0, 0.1) is 0 Å². The molecule has 0 N–H and O–H groups in total. The second kappa shape index (κ2) is 11.6. The molecule has 0 aromatic carbocycles. The van der Waals surface area contributed by atoms with E-state index in [2.05, 4.69) is 63.8 Å². The third-order valence-electron chi connectivity index (χ3n) is 3.01. The molecule has 0 saturated heterocycles. The minimum Gasteiger partial charge on any atom is -0.664 e. The molecule has 0 rings (SSSR count). The molecule has 8 heteroatoms. The minimum absolute atomic E-state index is 0. The first-order valence-electron chi connectivity index (χ1n) is 8.57. The van der Waals surface area contributed by atoms with Crippen molar-refractivity contribution >= 4 is 24.7 Å². The summed E-state index contributed by atoms with van der Waals surface area (Å²) in [4.78, 5) is 17.1. The molecule has 0 aliphatic heterocycles. The first kappa shape index (κ1) is 26.3. The smallest absolute Gasteiger partial charge is 0.664 e. The van der Waals surface area contributed by atoms with Gasteiger partial charge >= 0.3 is 17.4 Å². The molecule has 0 saturated carbocycles. The summed E-state index contributed by atoms with van der Waals surface area (Å²) in [5.41, 5.74) is 0. The molecule has 0 aromatic rings. The molecule has 0 fully saturated rings. The fraction of sp³-hybridized carbons (Fsp3) is 1.00. The van der Waals surface area contributed by atoms with Crippen molar-refractivity contribution in [2.75, 3.05) is 39.3 Å². The Kier molecular flexibility index (Phi) is 13.2. The molecule has 137 valence electrons. The van der Waals surface area contributed by atoms with Crippen molar-refractivity contribution < 1.29 is 17.4 Å². The molecule has 0 bridgehead atoms. The van der Waals surface area contributed by atoms with E-state index in [1.807, 2.05) is 0 Å². The van der Waals surface area contributed by atoms with Gasteiger partial charge in [-0.15, -0.1) is 19.6 Å². The second-order valence-corrected chi connectivity index (χ2v) is 23.0. The van der Waals surface area contributed by atoms with Gasteiger partial charge in [0.15, 0.2) is 0 Å². The van der Waals surface area contributed by atoms with Gasteiger partial charge in [-0.05, 0) is 19.6 Å². The largest absolute Gasteiger partial charge is 3.00 e. The molecule has 0 atom stereocenters. The van der Waals surface area contributed by atoms with Crippen LogP contribution >= 0.6 is 0 Å². The molecule has 4 nitrogen and oxygen atoms in total. The summed E-state index contributed by atoms with van der Waals surface area (Å²) in [6.45, 7) is 26.8. The van der Waals surface area contributed by atoms with E-state index in [1.165, 1.54) is 0 Å². The average molecular weight is 412 g/mol. The van der Waals surface area contributed by atoms with Gasteiger partial charge in [-0.1, -0.05) is 83.6 Å². The Balaban J connectivity index is 0. The molecular formula is C15H39CrN4Si3. The third kappa shape index (κ3) is 21.0. The normalized spacial score (nSPS) is 13.3. The Labute approximate surface area is 160 Å². The minimum atomic E-state index is -1.28. The Hall–Kier alpha value is 1.02. The number of hydrogen-bond donors (Lipinski definition) is 0. The first-order valence-corrected chi connectivity index (χ1v) is 18.9. The number of rotatable bonds is 12. The van der Waals surface area contributed by atoms with Crippen LogP contribution in [0.3, 0.4) is 0 Å². The fourth-order valence-electron chi connectivity index (χ4n) is 1.92. The Morgan fingerprint density at radius 1 is 0.522 bits per heavy atom. The Morgan fingerprint density at radius 2 is 0.739 bits per heavy atom. The molecular weight excluding hydrogens is 372 g/mol. The van der Waals surface area contributed by atoms with E-state index in [9.17, 15) is 0 Å². The maximum Gasteiger partial charge on any atom is 3.00 e. The van der Waals surface area contributed by atoms with Crippen molar-refractivity contribution in [3.63, 3.8) is 0 Å². The van der Waals surface area contributed by atoms with Gasteiger partial charge in [-0.25, -0.2) is 0 Å². The van der Waals surface area contributed by atoms with Crippen LogP contribution in [0.25, 0.3) is 14.9 Å². The van der Waals surface area contributed by atoms with Crippen LogP contribution in [0.5, 0.6) is 0 Å². The van der Waals surface area contributed by atoms with Gasteiger partial charge in [0.1, 0.15) is 0 Å². The summed E-state index contributed by atoms with van der Waals surface area (Å²) >= 11 is 0. The molecule has 0 aromatic heterocycles. The van der Waals surface area contributed by atoms with Crippen LogP contribution in [0.1, 0.15) is 0 Å². The van der Waals surface area contributed by atoms with Crippen molar-refractivity contribution in [2.24, 2.45) is 0 Å². The van der Waals surface area contributed by atoms with Crippen LogP contribution in [0.15, 0.2) is 0 Å². The standard InChI is InChI=1S/C15H39N4Si3.Cr/c1-20(2,3)16-10-13-19(14-11-17-21(4,5)6)15-12-18-22(7,8)9;/h10-15H2,1-9H3;/q-3;+3. The molecule has 23 heavy (non-hydrogen) atoms. The van der Waals surface area contributed by atoms with E-state index in [-0.39, 0.29) is 17.4 Å². The van der Waals surface area contributed by atoms with Crippen LogP contribution in [0.2, 0.25) is 58.9 Å². The quantitative estimate of drug-likeness (QED) is 0.421. The van der Waals surface area contributed by atoms with E-state index >= 15 is 0 Å². The van der Waals surface area contributed by atoms with Crippen molar-refractivity contribution in [3.8, 4) is 0 Å². The monoisotopic (exact) mass is 411 g/mol. The van der Waals surface area contributed by atoms with Crippen molar-refractivity contribution in [3.05, 3.63) is 14.9 Å². The van der Waals surface area contributed by atoms with Gasteiger partial charge < -0.3 is 19.8 Å². The predicted octanol–water partition coefficient (Wildman–Crippen LogP) is 4.91. The third-order valence-corrected chi connectivity index (χ3v) is 6.52. The zero-order valence-corrected chi connectivity index (χ0v) is 21.2. The molecule has 0 amide bonds. The van der Waals surface area contributed by atoms with Gasteiger partial charge in [-0.2, -0.15) is 0 Å². The van der Waals surface area contributed by atoms with Gasteiger partial charge in [0, 0.05) is 0 Å². The van der Waals surface area contributed by atoms with E-state index in [0.717, 1.165) is 39.3 Å². The molecule has 0 heterocycles. The fourth-order valence-corrected chi connectivity index (χ4v) is 4.23. The molecule has 1 radical (unpaired) electrons. The van der Waals surface area contributed by atoms with Crippen LogP contribution < -0.4 is 0 Å². The van der Waals surface area contributed by atoms with Crippen LogP contribution in [0.4, 0.5) is 0 Å². The predicted molar refractivity (Wildman–Crippen MR) is 111 cm³/mol. The van der Waals surface area contributed by atoms with Gasteiger partial charge in [-0.3, -0.25) is 0 Å². The van der Waals surface area contributed by atoms with Gasteiger partial charge in [0.2, 0.25) is 0 Å². The average Bonchev–Trinajstić information content (AvgIpc) is 2.23. The number of nitrogens with zero attached hydrogens (tertiary/aromatic N) is 4. The summed E-state index contributed by atoms with van der Waals surface area (Å²) < 4.78 is 0. The van der Waals surface area contributed by atoms with Crippen molar-refractivity contribution in [1.29, 1.82) is 0 Å². The molecule has 0 unspecified atom stereocenters. The zero-order chi connectivity index (χ0) is 17.4. The Morgan fingerprint density at radius 3 is 0.913 bits per heavy atom. The van der Waals surface area contributed by atoms with Crippen molar-refractivity contribution in [2.45, 2.75) is 58.9 Å². The van der Waals surface area contributed by atoms with E-state index < -0.39 is 24.7 Å². The van der Waals surface area contributed by atoms with Crippen molar-refractivity contribution in [1.82, 2.24) is 4.90 Å². The maximum absolute atomic E-state index is 4.86. The first-order chi connectivity index (χ1) is 9.79. The maximum atomic E-state index is 4.86. The molecule has 0 aliphatic rings. The second-order valence-electron chi connectivity index (χ2n) is 9.00. The molecule has 0 aliphatic carbocycles. The van der Waals surface area contributed by atoms with Gasteiger partial charge in [0.25, 0.3) is 0 Å². The summed E-state index contributed by atoms with van der Waals surface area (Å²) in [5, 5.41) is 0. The topological polar surface area (TPSA) is 45.5 Å². The molecule has 0 spiro atoms. The Bertz CT molecular complexity index is 251. The van der Waals surface area contributed by atoms with Crippen LogP contribution in [-0.4, -0.2) is 68.9 Å².